The predicted octanol–water partition coefficient (Wildman–Crippen LogP) is 5.44. The van der Waals surface area contributed by atoms with Gasteiger partial charge in [0.15, 0.2) is 22.5 Å². The van der Waals surface area contributed by atoms with Gasteiger partial charge in [-0.15, -0.1) is 0 Å². The Kier molecular flexibility index (Phi) is 5.31. The summed E-state index contributed by atoms with van der Waals surface area (Å²) < 4.78 is 19.5. The van der Waals surface area contributed by atoms with Gasteiger partial charge in [0.25, 0.3) is 5.56 Å². The van der Waals surface area contributed by atoms with Gasteiger partial charge in [-0.1, -0.05) is 12.6 Å². The molecule has 2 aromatic carbocycles. The zero-order chi connectivity index (χ0) is 25.0. The van der Waals surface area contributed by atoms with Gasteiger partial charge in [0.2, 0.25) is 0 Å². The van der Waals surface area contributed by atoms with Crippen LogP contribution in [0, 0.1) is 6.92 Å². The van der Waals surface area contributed by atoms with Crippen LogP contribution in [0.5, 0.6) is 11.5 Å². The molecule has 3 heterocycles. The molecule has 0 saturated carbocycles. The lowest BCUT2D eigenvalue weighted by atomic mass is 10.0. The van der Waals surface area contributed by atoms with Crippen molar-refractivity contribution in [3.63, 3.8) is 0 Å². The smallest absolute Gasteiger partial charge is 0.274 e. The quantitative estimate of drug-likeness (QED) is 0.320. The van der Waals surface area contributed by atoms with Crippen LogP contribution in [-0.4, -0.2) is 28.5 Å². The van der Waals surface area contributed by atoms with Crippen LogP contribution in [0.15, 0.2) is 56.5 Å². The molecule has 0 aliphatic carbocycles. The summed E-state index contributed by atoms with van der Waals surface area (Å²) >= 11 is 0. The second-order valence-electron chi connectivity index (χ2n) is 9.11. The maximum absolute atomic E-state index is 13.2. The molecule has 0 radical (unpaired) electrons. The molecule has 0 aliphatic heterocycles. The number of benzene rings is 2. The number of pyridine rings is 1. The lowest BCUT2D eigenvalue weighted by molar-refractivity contribution is 0.320. The van der Waals surface area contributed by atoms with Crippen LogP contribution in [-0.2, 0) is 0 Å². The monoisotopic (exact) mass is 473 g/mol. The molecule has 0 atom stereocenters. The third kappa shape index (κ3) is 3.53. The Balaban J connectivity index is 1.90. The van der Waals surface area contributed by atoms with Crippen molar-refractivity contribution < 1.29 is 13.9 Å². The van der Waals surface area contributed by atoms with Gasteiger partial charge in [-0.25, -0.2) is 0 Å². The largest absolute Gasteiger partial charge is 0.493 e. The van der Waals surface area contributed by atoms with Gasteiger partial charge in [0.1, 0.15) is 17.8 Å². The summed E-state index contributed by atoms with van der Waals surface area (Å²) in [6, 6.07) is 8.80. The summed E-state index contributed by atoms with van der Waals surface area (Å²) in [5.41, 5.74) is 4.73. The summed E-state index contributed by atoms with van der Waals surface area (Å²) in [6.07, 6.45) is 0. The fourth-order valence-electron chi connectivity index (χ4n) is 4.42. The SMILES string of the molecule is C=C(C)COc1ccc(-c2c3oc4c(C)c(=O)ccc4c3[nH]c3c2c(=O)[nH]n3C(C)C)cc1OC. The summed E-state index contributed by atoms with van der Waals surface area (Å²) in [6.45, 7) is 11.8. The summed E-state index contributed by atoms with van der Waals surface area (Å²) in [5.74, 6) is 1.09. The van der Waals surface area contributed by atoms with Gasteiger partial charge in [-0.2, -0.15) is 0 Å². The van der Waals surface area contributed by atoms with Crippen LogP contribution >= 0.6 is 0 Å². The number of nitrogens with one attached hydrogen (secondary N) is 2. The highest BCUT2D eigenvalue weighted by atomic mass is 16.5. The van der Waals surface area contributed by atoms with Crippen molar-refractivity contribution in [3.8, 4) is 22.6 Å². The number of nitrogens with zero attached hydrogens (tertiary/aromatic N) is 1. The van der Waals surface area contributed by atoms with Crippen molar-refractivity contribution in [2.75, 3.05) is 13.7 Å². The third-order valence-electron chi connectivity index (χ3n) is 6.15. The van der Waals surface area contributed by atoms with E-state index < -0.39 is 0 Å². The Morgan fingerprint density at radius 3 is 2.60 bits per heavy atom. The molecule has 0 fully saturated rings. The Labute approximate surface area is 200 Å². The minimum atomic E-state index is -0.245. The molecule has 8 heteroatoms. The zero-order valence-electron chi connectivity index (χ0n) is 20.4. The standard InChI is InChI=1S/C27H27N3O5/c1-13(2)12-34-19-10-7-16(11-20(19)33-6)21-22-26(30(14(3)4)29-27(22)32)28-23-17-8-9-18(31)15(5)24(17)35-25(21)23/h7-11,14,28H,1,12H2,2-6H3,(H,29,32). The minimum absolute atomic E-state index is 0.00218. The molecule has 2 N–H and O–H groups in total. The maximum Gasteiger partial charge on any atom is 0.274 e. The van der Waals surface area contributed by atoms with E-state index in [4.69, 9.17) is 13.9 Å². The average molecular weight is 474 g/mol. The number of aromatic amines is 2. The highest BCUT2D eigenvalue weighted by Crippen LogP contribution is 2.41. The molecule has 0 spiro atoms. The molecule has 5 aromatic rings. The molecule has 35 heavy (non-hydrogen) atoms. The first kappa shape index (κ1) is 22.6. The minimum Gasteiger partial charge on any atom is -0.493 e. The van der Waals surface area contributed by atoms with E-state index in [2.05, 4.69) is 16.7 Å². The third-order valence-corrected chi connectivity index (χ3v) is 6.15. The summed E-state index contributed by atoms with van der Waals surface area (Å²) in [5, 5.41) is 4.18. The molecule has 0 unspecified atom stereocenters. The Hall–Kier alpha value is -4.20. The average Bonchev–Trinajstić information content (AvgIpc) is 3.37. The fraction of sp³-hybridized carbons (Fsp3) is 0.259. The molecule has 0 bridgehead atoms. The Morgan fingerprint density at radius 1 is 1.14 bits per heavy atom. The maximum atomic E-state index is 13.2. The van der Waals surface area contributed by atoms with Crippen molar-refractivity contribution >= 4 is 33.1 Å². The molecule has 0 aliphatic rings. The predicted molar refractivity (Wildman–Crippen MR) is 138 cm³/mol. The first-order valence-electron chi connectivity index (χ1n) is 11.4. The molecule has 5 rings (SSSR count). The van der Waals surface area contributed by atoms with E-state index in [-0.39, 0.29) is 17.0 Å². The van der Waals surface area contributed by atoms with E-state index in [9.17, 15) is 9.59 Å². The second-order valence-corrected chi connectivity index (χ2v) is 9.11. The summed E-state index contributed by atoms with van der Waals surface area (Å²) in [7, 11) is 1.57. The fourth-order valence-corrected chi connectivity index (χ4v) is 4.42. The van der Waals surface area contributed by atoms with Crippen molar-refractivity contribution in [2.45, 2.75) is 33.7 Å². The first-order valence-corrected chi connectivity index (χ1v) is 11.4. The van der Waals surface area contributed by atoms with E-state index in [1.807, 2.05) is 39.0 Å². The number of hydrogen-bond donors (Lipinski definition) is 2. The second kappa shape index (κ2) is 8.23. The van der Waals surface area contributed by atoms with E-state index >= 15 is 0 Å². The van der Waals surface area contributed by atoms with E-state index in [1.165, 1.54) is 6.07 Å². The Bertz CT molecular complexity index is 1750. The molecule has 3 aromatic heterocycles. The van der Waals surface area contributed by atoms with E-state index in [0.717, 1.165) is 16.5 Å². The molecule has 0 saturated heterocycles. The van der Waals surface area contributed by atoms with E-state index in [1.54, 1.807) is 24.8 Å². The number of ether oxygens (including phenoxy) is 2. The van der Waals surface area contributed by atoms with Gasteiger partial charge >= 0.3 is 0 Å². The van der Waals surface area contributed by atoms with Crippen LogP contribution in [0.1, 0.15) is 32.4 Å². The molecular formula is C27H27N3O5. The molecular weight excluding hydrogens is 446 g/mol. The van der Waals surface area contributed by atoms with Crippen LogP contribution in [0.3, 0.4) is 0 Å². The van der Waals surface area contributed by atoms with Crippen LogP contribution in [0.2, 0.25) is 0 Å². The number of methoxy groups -OCH3 is 1. The molecule has 180 valence electrons. The van der Waals surface area contributed by atoms with Crippen LogP contribution < -0.4 is 20.5 Å². The topological polar surface area (TPSA) is 102 Å². The molecule has 0 amide bonds. The van der Waals surface area contributed by atoms with Gasteiger partial charge in [0.05, 0.1) is 18.0 Å². The number of rotatable bonds is 6. The van der Waals surface area contributed by atoms with Crippen molar-refractivity contribution in [1.82, 2.24) is 14.8 Å². The van der Waals surface area contributed by atoms with Gasteiger partial charge in [-0.05, 0) is 63.1 Å². The van der Waals surface area contributed by atoms with Crippen LogP contribution in [0.4, 0.5) is 0 Å². The van der Waals surface area contributed by atoms with E-state index in [0.29, 0.717) is 56.9 Å². The summed E-state index contributed by atoms with van der Waals surface area (Å²) in [4.78, 5) is 28.9. The van der Waals surface area contributed by atoms with Gasteiger partial charge in [-0.3, -0.25) is 19.4 Å². The first-order chi connectivity index (χ1) is 16.7. The molecule has 8 nitrogen and oxygen atoms in total. The van der Waals surface area contributed by atoms with Crippen molar-refractivity contribution in [1.29, 1.82) is 0 Å². The van der Waals surface area contributed by atoms with Crippen molar-refractivity contribution in [3.05, 3.63) is 68.6 Å². The number of fused-ring (bicyclic) bond motifs is 4. The number of aromatic nitrogens is 3. The Morgan fingerprint density at radius 2 is 1.91 bits per heavy atom. The number of hydrogen-bond acceptors (Lipinski definition) is 5. The number of furan rings is 1. The van der Waals surface area contributed by atoms with Crippen molar-refractivity contribution in [2.24, 2.45) is 0 Å². The van der Waals surface area contributed by atoms with Gasteiger partial charge in [0, 0.05) is 22.6 Å². The zero-order valence-corrected chi connectivity index (χ0v) is 20.4. The number of H-pyrrole nitrogens is 2. The highest BCUT2D eigenvalue weighted by molar-refractivity contribution is 6.14. The van der Waals surface area contributed by atoms with Gasteiger partial charge < -0.3 is 18.9 Å². The number of aryl methyl sites for hydroxylation is 1. The van der Waals surface area contributed by atoms with Crippen LogP contribution in [0.25, 0.3) is 44.2 Å². The normalized spacial score (nSPS) is 11.7. The lowest BCUT2D eigenvalue weighted by Gasteiger charge is -2.13. The lowest BCUT2D eigenvalue weighted by Crippen LogP contribution is -2.07. The highest BCUT2D eigenvalue weighted by Gasteiger charge is 2.24.